The highest BCUT2D eigenvalue weighted by Gasteiger charge is 2.51. The highest BCUT2D eigenvalue weighted by Crippen LogP contribution is 2.57. The molecule has 5 heterocycles. The van der Waals surface area contributed by atoms with E-state index in [9.17, 15) is 22.9 Å². The summed E-state index contributed by atoms with van der Waals surface area (Å²) in [6, 6.07) is 18.8. The van der Waals surface area contributed by atoms with Crippen molar-refractivity contribution < 1.29 is 36.9 Å². The van der Waals surface area contributed by atoms with Crippen LogP contribution in [0.3, 0.4) is 0 Å². The van der Waals surface area contributed by atoms with Gasteiger partial charge in [0, 0.05) is 53.6 Å². The number of aromatic nitrogens is 2. The van der Waals surface area contributed by atoms with Crippen molar-refractivity contribution in [2.75, 3.05) is 24.3 Å². The molecule has 3 aromatic carbocycles. The molecule has 1 aromatic heterocycles. The molecule has 0 spiro atoms. The summed E-state index contributed by atoms with van der Waals surface area (Å²) >= 11 is 0. The second-order valence-electron chi connectivity index (χ2n) is 13.6. The molecule has 0 saturated carbocycles. The van der Waals surface area contributed by atoms with E-state index >= 15 is 0 Å². The molecule has 0 bridgehead atoms. The van der Waals surface area contributed by atoms with E-state index in [1.807, 2.05) is 18.2 Å². The number of benzene rings is 3. The number of allylic oxidation sites excluding steroid dienone is 1. The molecule has 0 aliphatic carbocycles. The first kappa shape index (κ1) is 31.1. The first-order valence-corrected chi connectivity index (χ1v) is 18.3. The number of carboxylic acids is 1. The lowest BCUT2D eigenvalue weighted by Crippen LogP contribution is -2.49. The number of carbonyl (C=O) groups is 1. The van der Waals surface area contributed by atoms with Gasteiger partial charge >= 0.3 is 5.97 Å². The molecule has 3 unspecified atom stereocenters. The van der Waals surface area contributed by atoms with Crippen molar-refractivity contribution in [2.24, 2.45) is 0 Å². The third-order valence-corrected chi connectivity index (χ3v) is 11.5. The van der Waals surface area contributed by atoms with Crippen molar-refractivity contribution >= 4 is 49.2 Å². The summed E-state index contributed by atoms with van der Waals surface area (Å²) in [6.45, 7) is 4.16. The van der Waals surface area contributed by atoms with Crippen LogP contribution >= 0.6 is 0 Å². The third kappa shape index (κ3) is 4.93. The molecule has 250 valence electrons. The fourth-order valence-corrected chi connectivity index (χ4v) is 9.31. The van der Waals surface area contributed by atoms with E-state index in [0.717, 1.165) is 59.3 Å². The van der Waals surface area contributed by atoms with Crippen molar-refractivity contribution in [3.63, 3.8) is 0 Å². The molecule has 0 radical (unpaired) electrons. The normalized spacial score (nSPS) is 23.0. The van der Waals surface area contributed by atoms with E-state index < -0.39 is 27.3 Å². The van der Waals surface area contributed by atoms with E-state index in [4.69, 9.17) is 9.47 Å². The second kappa shape index (κ2) is 11.5. The van der Waals surface area contributed by atoms with Crippen LogP contribution in [0.2, 0.25) is 0 Å². The summed E-state index contributed by atoms with van der Waals surface area (Å²) in [6.07, 6.45) is 5.22. The number of aryl methyl sites for hydroxylation is 2. The van der Waals surface area contributed by atoms with E-state index in [0.29, 0.717) is 25.1 Å². The van der Waals surface area contributed by atoms with Gasteiger partial charge in [0.05, 0.1) is 48.1 Å². The smallest absolute Gasteiger partial charge is 0.303 e. The van der Waals surface area contributed by atoms with Gasteiger partial charge in [-0.25, -0.2) is 17.6 Å². The SMILES string of the molecule is COc1ccc2c(c1)n(CCCS(=O)(=O)[O-])c1[n+]2CCC2OC3CCN4C(=C3C=C12)C(C)(CCCC(=O)O)c1c4ccc2ccccc12. The maximum absolute atomic E-state index is 11.7. The van der Waals surface area contributed by atoms with Crippen molar-refractivity contribution in [3.8, 4) is 5.75 Å². The summed E-state index contributed by atoms with van der Waals surface area (Å²) in [7, 11) is -2.74. The number of imidazole rings is 1. The van der Waals surface area contributed by atoms with Gasteiger partial charge in [0.2, 0.25) is 0 Å². The Kier molecular flexibility index (Phi) is 7.43. The van der Waals surface area contributed by atoms with Crippen LogP contribution in [0, 0.1) is 0 Å². The molecule has 1 N–H and O–H groups in total. The van der Waals surface area contributed by atoms with Crippen molar-refractivity contribution in [1.29, 1.82) is 0 Å². The molecular formula is C37H39N3O7S. The van der Waals surface area contributed by atoms with Crippen LogP contribution in [0.15, 0.2) is 71.9 Å². The fraction of sp³-hybridized carbons (Fsp3) is 0.405. The van der Waals surface area contributed by atoms with Crippen molar-refractivity contribution in [1.82, 2.24) is 4.57 Å². The van der Waals surface area contributed by atoms with Gasteiger partial charge in [0.15, 0.2) is 11.0 Å². The lowest BCUT2D eigenvalue weighted by atomic mass is 9.72. The van der Waals surface area contributed by atoms with Crippen LogP contribution in [0.1, 0.15) is 56.8 Å². The number of methoxy groups -OCH3 is 1. The number of hydrogen-bond acceptors (Lipinski definition) is 7. The first-order valence-electron chi connectivity index (χ1n) is 16.7. The Hall–Kier alpha value is -4.19. The molecule has 48 heavy (non-hydrogen) atoms. The first-order chi connectivity index (χ1) is 23.1. The van der Waals surface area contributed by atoms with E-state index in [2.05, 4.69) is 63.4 Å². The summed E-state index contributed by atoms with van der Waals surface area (Å²) < 4.78 is 51.7. The maximum Gasteiger partial charge on any atom is 0.303 e. The standard InChI is InChI=1S/C37H39N3O7S/c1-37(16-5-9-33(41)42)34-25-8-4-3-7-23(25)10-12-29(34)38-18-14-31-26(35(37)38)22-27-32(47-31)15-19-40-28-13-11-24(46-2)21-30(28)39(36(27)40)17-6-20-48(43,44)45/h3-4,7-8,10-13,21-22,31-32H,5-6,9,14-20H2,1-2H3,(H-,41,42,43,44,45). The largest absolute Gasteiger partial charge is 0.748 e. The summed E-state index contributed by atoms with van der Waals surface area (Å²) in [5.41, 5.74) is 7.24. The van der Waals surface area contributed by atoms with Crippen LogP contribution in [-0.4, -0.2) is 60.2 Å². The summed E-state index contributed by atoms with van der Waals surface area (Å²) in [5.74, 6) is 0.414. The quantitative estimate of drug-likeness (QED) is 0.189. The molecule has 0 fully saturated rings. The van der Waals surface area contributed by atoms with Gasteiger partial charge in [-0.1, -0.05) is 30.3 Å². The average molecular weight is 670 g/mol. The average Bonchev–Trinajstić information content (AvgIpc) is 3.52. The molecule has 10 nitrogen and oxygen atoms in total. The summed E-state index contributed by atoms with van der Waals surface area (Å²) in [5, 5.41) is 11.9. The lowest BCUT2D eigenvalue weighted by molar-refractivity contribution is -0.679. The number of carboxylic acid groups (broad SMARTS) is 1. The van der Waals surface area contributed by atoms with Gasteiger partial charge < -0.3 is 24.0 Å². The third-order valence-electron chi connectivity index (χ3n) is 10.8. The number of rotatable bonds is 9. The minimum atomic E-state index is -4.37. The Morgan fingerprint density at radius 3 is 2.75 bits per heavy atom. The minimum Gasteiger partial charge on any atom is -0.748 e. The number of hydrogen-bond donors (Lipinski definition) is 1. The number of ether oxygens (including phenoxy) is 2. The molecule has 3 atom stereocenters. The Morgan fingerprint density at radius 1 is 1.12 bits per heavy atom. The number of fused-ring (bicyclic) bond motifs is 11. The van der Waals surface area contributed by atoms with Gasteiger partial charge in [-0.15, -0.1) is 0 Å². The van der Waals surface area contributed by atoms with Gasteiger partial charge in [0.1, 0.15) is 5.75 Å². The molecule has 0 amide bonds. The Bertz CT molecular complexity index is 2170. The molecule has 11 heteroatoms. The minimum absolute atomic E-state index is 0.0977. The van der Waals surface area contributed by atoms with Crippen LogP contribution in [-0.2, 0) is 38.2 Å². The predicted octanol–water partition coefficient (Wildman–Crippen LogP) is 5.27. The van der Waals surface area contributed by atoms with Crippen LogP contribution in [0.4, 0.5) is 5.69 Å². The lowest BCUT2D eigenvalue weighted by Gasteiger charge is -2.42. The van der Waals surface area contributed by atoms with Crippen molar-refractivity contribution in [2.45, 2.75) is 76.2 Å². The monoisotopic (exact) mass is 669 g/mol. The molecule has 0 saturated heterocycles. The molecule has 4 aliphatic rings. The Morgan fingerprint density at radius 2 is 1.96 bits per heavy atom. The fourth-order valence-electron chi connectivity index (χ4n) is 8.82. The van der Waals surface area contributed by atoms with Gasteiger partial charge in [0.25, 0.3) is 5.82 Å². The number of nitrogens with zero attached hydrogens (tertiary/aromatic N) is 3. The molecule has 8 rings (SSSR count). The topological polar surface area (TPSA) is 125 Å². The van der Waals surface area contributed by atoms with Crippen LogP contribution < -0.4 is 14.2 Å². The second-order valence-corrected chi connectivity index (χ2v) is 15.1. The zero-order valence-corrected chi connectivity index (χ0v) is 28.0. The molecule has 4 aromatic rings. The van der Waals surface area contributed by atoms with Gasteiger partial charge in [-0.3, -0.25) is 4.79 Å². The Labute approximate surface area is 279 Å². The number of aliphatic carboxylic acids is 1. The zero-order chi connectivity index (χ0) is 33.4. The van der Waals surface area contributed by atoms with Crippen molar-refractivity contribution in [3.05, 3.63) is 83.3 Å². The Balaban J connectivity index is 1.34. The highest BCUT2D eigenvalue weighted by atomic mass is 32.2. The van der Waals surface area contributed by atoms with E-state index in [1.165, 1.54) is 22.3 Å². The van der Waals surface area contributed by atoms with E-state index in [-0.39, 0.29) is 25.0 Å². The van der Waals surface area contributed by atoms with Gasteiger partial charge in [-0.2, -0.15) is 0 Å². The van der Waals surface area contributed by atoms with Gasteiger partial charge in [-0.05, 0) is 73.2 Å². The maximum atomic E-state index is 11.7. The molecular weight excluding hydrogens is 630 g/mol. The van der Waals surface area contributed by atoms with E-state index in [1.54, 1.807) is 7.11 Å². The zero-order valence-electron chi connectivity index (χ0n) is 27.1. The molecule has 4 aliphatic heterocycles. The highest BCUT2D eigenvalue weighted by molar-refractivity contribution is 7.85. The van der Waals surface area contributed by atoms with Crippen LogP contribution in [0.5, 0.6) is 5.75 Å². The number of anilines is 1. The van der Waals surface area contributed by atoms with Crippen LogP contribution in [0.25, 0.3) is 27.4 Å². The summed E-state index contributed by atoms with van der Waals surface area (Å²) in [4.78, 5) is 14.1. The predicted molar refractivity (Wildman–Crippen MR) is 181 cm³/mol.